The largest absolute Gasteiger partial charge is 0.507 e. The lowest BCUT2D eigenvalue weighted by Gasteiger charge is -2.05. The van der Waals surface area contributed by atoms with Gasteiger partial charge in [0.25, 0.3) is 0 Å². The second-order valence-corrected chi connectivity index (χ2v) is 5.68. The Bertz CT molecular complexity index is 1070. The molecule has 1 fully saturated rings. The number of ether oxygens (including phenoxy) is 2. The molecule has 0 bridgehead atoms. The number of rotatable bonds is 1. The van der Waals surface area contributed by atoms with E-state index in [1.807, 2.05) is 0 Å². The van der Waals surface area contributed by atoms with Gasteiger partial charge >= 0.3 is 5.63 Å². The highest BCUT2D eigenvalue weighted by Gasteiger charge is 2.53. The van der Waals surface area contributed by atoms with Gasteiger partial charge in [-0.05, 0) is 0 Å². The van der Waals surface area contributed by atoms with Gasteiger partial charge in [-0.1, -0.05) is 0 Å². The maximum Gasteiger partial charge on any atom is 0.347 e. The minimum Gasteiger partial charge on any atom is -0.507 e. The minimum absolute atomic E-state index is 0.0662. The Balaban J connectivity index is 1.94. The van der Waals surface area contributed by atoms with Crippen LogP contribution < -0.4 is 10.4 Å². The SMILES string of the molecule is COc1cc(O)c2c(c1)oc(=O)c1c3c(oc12)C1OC1C(=O)C3. The van der Waals surface area contributed by atoms with Crippen molar-refractivity contribution < 1.29 is 28.2 Å². The Labute approximate surface area is 128 Å². The van der Waals surface area contributed by atoms with Gasteiger partial charge in [0.15, 0.2) is 17.5 Å². The van der Waals surface area contributed by atoms with Gasteiger partial charge in [0.05, 0.1) is 7.11 Å². The first-order valence-corrected chi connectivity index (χ1v) is 7.05. The molecule has 2 aliphatic rings. The molecule has 1 N–H and O–H groups in total. The lowest BCUT2D eigenvalue weighted by atomic mass is 9.95. The second-order valence-electron chi connectivity index (χ2n) is 5.68. The summed E-state index contributed by atoms with van der Waals surface area (Å²) in [5.74, 6) is 0.622. The Morgan fingerprint density at radius 1 is 1.17 bits per heavy atom. The first kappa shape index (κ1) is 12.7. The minimum atomic E-state index is -0.614. The zero-order valence-electron chi connectivity index (χ0n) is 11.9. The molecule has 0 radical (unpaired) electrons. The van der Waals surface area contributed by atoms with Crippen LogP contribution in [0.25, 0.3) is 21.9 Å². The standard InChI is InChI=1S/C16H10O7/c1-20-5-2-7(17)11-9(3-5)21-16(19)10-6-4-8(18)13-15(23-13)12(6)22-14(10)11/h2-3,13,15,17H,4H2,1H3. The van der Waals surface area contributed by atoms with Crippen LogP contribution in [0, 0.1) is 0 Å². The summed E-state index contributed by atoms with van der Waals surface area (Å²) in [5.41, 5.74) is 0.252. The number of carbonyl (C=O) groups is 1. The van der Waals surface area contributed by atoms with Crippen molar-refractivity contribution >= 4 is 27.7 Å². The fraction of sp³-hybridized carbons (Fsp3) is 0.250. The van der Waals surface area contributed by atoms with E-state index in [2.05, 4.69) is 0 Å². The van der Waals surface area contributed by atoms with Crippen molar-refractivity contribution in [1.82, 2.24) is 0 Å². The van der Waals surface area contributed by atoms with E-state index in [0.717, 1.165) is 0 Å². The molecular formula is C16H10O7. The number of epoxide rings is 1. The van der Waals surface area contributed by atoms with Crippen molar-refractivity contribution in [3.8, 4) is 11.5 Å². The van der Waals surface area contributed by atoms with Gasteiger partial charge in [-0.25, -0.2) is 4.79 Å². The summed E-state index contributed by atoms with van der Waals surface area (Å²) in [7, 11) is 1.44. The third-order valence-electron chi connectivity index (χ3n) is 4.38. The second kappa shape index (κ2) is 3.94. The summed E-state index contributed by atoms with van der Waals surface area (Å²) in [6.07, 6.45) is -0.847. The number of fused-ring (bicyclic) bond motifs is 7. The lowest BCUT2D eigenvalue weighted by molar-refractivity contribution is -0.119. The van der Waals surface area contributed by atoms with Gasteiger partial charge in [-0.15, -0.1) is 0 Å². The number of phenolic OH excluding ortho intramolecular Hbond substituents is 1. The maximum absolute atomic E-state index is 12.4. The number of carbonyl (C=O) groups excluding carboxylic acids is 1. The Kier molecular flexibility index (Phi) is 2.18. The fourth-order valence-corrected chi connectivity index (χ4v) is 3.27. The lowest BCUT2D eigenvalue weighted by Crippen LogP contribution is -2.17. The van der Waals surface area contributed by atoms with Crippen LogP contribution in [-0.2, 0) is 16.0 Å². The van der Waals surface area contributed by atoms with E-state index >= 15 is 0 Å². The van der Waals surface area contributed by atoms with Crippen LogP contribution in [0.15, 0.2) is 25.8 Å². The topological polar surface area (TPSA) is 102 Å². The number of hydrogen-bond acceptors (Lipinski definition) is 7. The van der Waals surface area contributed by atoms with Gasteiger partial charge in [0.2, 0.25) is 0 Å². The molecule has 2 atom stereocenters. The molecule has 23 heavy (non-hydrogen) atoms. The molecule has 7 nitrogen and oxygen atoms in total. The Morgan fingerprint density at radius 3 is 2.78 bits per heavy atom. The molecule has 5 rings (SSSR count). The fourth-order valence-electron chi connectivity index (χ4n) is 3.27. The molecule has 1 aliphatic carbocycles. The summed E-state index contributed by atoms with van der Waals surface area (Å²) >= 11 is 0. The molecule has 3 aromatic rings. The molecule has 1 aromatic carbocycles. The molecule has 3 heterocycles. The van der Waals surface area contributed by atoms with E-state index in [1.54, 1.807) is 0 Å². The van der Waals surface area contributed by atoms with Crippen molar-refractivity contribution in [2.24, 2.45) is 0 Å². The summed E-state index contributed by atoms with van der Waals surface area (Å²) in [4.78, 5) is 24.3. The van der Waals surface area contributed by atoms with Crippen molar-refractivity contribution in [3.05, 3.63) is 33.9 Å². The van der Waals surface area contributed by atoms with Gasteiger partial charge in [0, 0.05) is 24.1 Å². The molecule has 1 aliphatic heterocycles. The van der Waals surface area contributed by atoms with Gasteiger partial charge in [-0.2, -0.15) is 0 Å². The van der Waals surface area contributed by atoms with Crippen molar-refractivity contribution in [2.75, 3.05) is 7.11 Å². The highest BCUT2D eigenvalue weighted by molar-refractivity contribution is 6.07. The van der Waals surface area contributed by atoms with Crippen LogP contribution in [0.1, 0.15) is 17.4 Å². The number of phenols is 1. The molecule has 0 spiro atoms. The number of aromatic hydroxyl groups is 1. The summed E-state index contributed by atoms with van der Waals surface area (Å²) in [5, 5.41) is 10.7. The van der Waals surface area contributed by atoms with E-state index in [-0.39, 0.29) is 39.9 Å². The molecule has 116 valence electrons. The molecule has 2 unspecified atom stereocenters. The van der Waals surface area contributed by atoms with Gasteiger partial charge < -0.3 is 23.4 Å². The Hall–Kier alpha value is -2.80. The quantitative estimate of drug-likeness (QED) is 0.540. The summed E-state index contributed by atoms with van der Waals surface area (Å²) in [6.45, 7) is 0. The van der Waals surface area contributed by atoms with Crippen molar-refractivity contribution in [1.29, 1.82) is 0 Å². The monoisotopic (exact) mass is 314 g/mol. The summed E-state index contributed by atoms with van der Waals surface area (Å²) < 4.78 is 21.5. The van der Waals surface area contributed by atoms with Crippen molar-refractivity contribution in [2.45, 2.75) is 18.6 Å². The number of benzene rings is 1. The highest BCUT2D eigenvalue weighted by Crippen LogP contribution is 2.49. The molecule has 0 saturated carbocycles. The Morgan fingerprint density at radius 2 is 2.00 bits per heavy atom. The predicted octanol–water partition coefficient (Wildman–Crippen LogP) is 1.82. The van der Waals surface area contributed by atoms with E-state index in [1.165, 1.54) is 19.2 Å². The zero-order valence-corrected chi connectivity index (χ0v) is 11.9. The summed E-state index contributed by atoms with van der Waals surface area (Å²) in [6, 6.07) is 2.91. The normalized spacial score (nSPS) is 22.2. The van der Waals surface area contributed by atoms with Gasteiger partial charge in [0.1, 0.15) is 39.7 Å². The van der Waals surface area contributed by atoms with Crippen LogP contribution in [0.5, 0.6) is 11.5 Å². The number of ketones is 1. The molecule has 7 heteroatoms. The van der Waals surface area contributed by atoms with E-state index in [9.17, 15) is 14.7 Å². The molecule has 1 saturated heterocycles. The maximum atomic E-state index is 12.4. The first-order chi connectivity index (χ1) is 11.1. The van der Waals surface area contributed by atoms with Crippen LogP contribution in [0.3, 0.4) is 0 Å². The average Bonchev–Trinajstić information content (AvgIpc) is 3.23. The first-order valence-electron chi connectivity index (χ1n) is 7.05. The van der Waals surface area contributed by atoms with E-state index in [4.69, 9.17) is 18.3 Å². The molecule has 2 aromatic heterocycles. The number of hydrogen-bond donors (Lipinski definition) is 1. The van der Waals surface area contributed by atoms with Crippen LogP contribution in [0.4, 0.5) is 0 Å². The van der Waals surface area contributed by atoms with Gasteiger partial charge in [-0.3, -0.25) is 4.79 Å². The van der Waals surface area contributed by atoms with Crippen LogP contribution in [0.2, 0.25) is 0 Å². The average molecular weight is 314 g/mol. The molecule has 0 amide bonds. The third kappa shape index (κ3) is 1.52. The smallest absolute Gasteiger partial charge is 0.347 e. The number of methoxy groups -OCH3 is 1. The van der Waals surface area contributed by atoms with Crippen LogP contribution in [-0.4, -0.2) is 24.1 Å². The number of Topliss-reactive ketones (excluding diaryl/α,β-unsaturated/α-hetero) is 1. The van der Waals surface area contributed by atoms with E-state index < -0.39 is 17.8 Å². The number of furan rings is 1. The predicted molar refractivity (Wildman–Crippen MR) is 76.8 cm³/mol. The van der Waals surface area contributed by atoms with Crippen molar-refractivity contribution in [3.63, 3.8) is 0 Å². The third-order valence-corrected chi connectivity index (χ3v) is 4.38. The zero-order chi connectivity index (χ0) is 15.9. The highest BCUT2D eigenvalue weighted by atomic mass is 16.6. The van der Waals surface area contributed by atoms with Crippen LogP contribution >= 0.6 is 0 Å². The van der Waals surface area contributed by atoms with E-state index in [0.29, 0.717) is 17.1 Å². The molecular weight excluding hydrogens is 304 g/mol.